The molecule has 2 fully saturated rings. The Labute approximate surface area is 306 Å². The number of carbonyl (C=O) groups is 2. The zero-order chi connectivity index (χ0) is 36.2. The minimum atomic E-state index is -0.829. The van der Waals surface area contributed by atoms with Crippen molar-refractivity contribution in [2.24, 2.45) is 13.0 Å². The highest BCUT2D eigenvalue weighted by Crippen LogP contribution is 2.29. The van der Waals surface area contributed by atoms with Crippen molar-refractivity contribution in [1.29, 1.82) is 0 Å². The maximum Gasteiger partial charge on any atom is 0.415 e. The van der Waals surface area contributed by atoms with Crippen molar-refractivity contribution in [3.8, 4) is 5.75 Å². The van der Waals surface area contributed by atoms with Crippen LogP contribution >= 0.6 is 23.5 Å². The molecule has 51 heavy (non-hydrogen) atoms. The standard InChI is InChI=1S/C22H26N6O2S.C11H20N6O2S/c1-16-4-3-11-23-20(16)14-17-5-7-19(8-6-17)30-22(29)28-12-9-18(10-13-28)15-31-21-24-25-26-27(21)2;1-15(2)7-8-17-10(12-13-14-17)20-9-3-5-16(6-4-9)11(18)19/h3-8,11,18H,9-10,12-15H2,1-2H3;9H,3-8H2,1-2H3,(H,18,19). The number of benzene rings is 1. The molecule has 0 aliphatic carbocycles. The number of amides is 2. The van der Waals surface area contributed by atoms with Crippen molar-refractivity contribution in [3.05, 3.63) is 59.4 Å². The number of pyridine rings is 1. The molecule has 274 valence electrons. The van der Waals surface area contributed by atoms with Gasteiger partial charge in [-0.3, -0.25) is 4.98 Å². The molecule has 0 spiro atoms. The second-order valence-corrected chi connectivity index (χ2v) is 15.1. The number of carboxylic acid groups (broad SMARTS) is 1. The number of nitrogens with zero attached hydrogens (tertiary/aromatic N) is 12. The lowest BCUT2D eigenvalue weighted by Gasteiger charge is -2.30. The first-order chi connectivity index (χ1) is 24.6. The molecular weight excluding hydrogens is 693 g/mol. The average Bonchev–Trinajstić information content (AvgIpc) is 3.76. The molecule has 6 rings (SSSR count). The predicted molar refractivity (Wildman–Crippen MR) is 193 cm³/mol. The molecule has 5 heterocycles. The van der Waals surface area contributed by atoms with Crippen LogP contribution in [0.15, 0.2) is 52.9 Å². The number of piperidine rings is 2. The van der Waals surface area contributed by atoms with Crippen molar-refractivity contribution in [1.82, 2.24) is 60.1 Å². The van der Waals surface area contributed by atoms with Crippen molar-refractivity contribution < 1.29 is 19.4 Å². The number of rotatable bonds is 11. The fourth-order valence-corrected chi connectivity index (χ4v) is 7.70. The van der Waals surface area contributed by atoms with Gasteiger partial charge in [0.2, 0.25) is 10.3 Å². The molecule has 1 N–H and O–H groups in total. The second kappa shape index (κ2) is 18.8. The lowest BCUT2D eigenvalue weighted by atomic mass is 9.99. The summed E-state index contributed by atoms with van der Waals surface area (Å²) in [5.74, 6) is 2.06. The summed E-state index contributed by atoms with van der Waals surface area (Å²) in [5, 5.41) is 34.2. The van der Waals surface area contributed by atoms with Crippen molar-refractivity contribution in [3.63, 3.8) is 0 Å². The molecule has 2 aliphatic heterocycles. The van der Waals surface area contributed by atoms with E-state index in [1.54, 1.807) is 33.1 Å². The van der Waals surface area contributed by atoms with Crippen LogP contribution in [0, 0.1) is 12.8 Å². The molecule has 3 aromatic heterocycles. The maximum absolute atomic E-state index is 12.5. The Kier molecular flexibility index (Phi) is 14.0. The number of hydrogen-bond donors (Lipinski definition) is 1. The molecule has 16 nitrogen and oxygen atoms in total. The molecule has 0 bridgehead atoms. The molecule has 2 saturated heterocycles. The molecule has 0 atom stereocenters. The topological polar surface area (TPSA) is 173 Å². The van der Waals surface area contributed by atoms with Crippen molar-refractivity contribution in [2.75, 3.05) is 52.6 Å². The SMILES string of the molecule is CN(C)CCn1nnnc1SC1CCN(C(=O)O)CC1.Cc1cccnc1Cc1ccc(OC(=O)N2CCC(CSc3nnnn3C)CC2)cc1. The van der Waals surface area contributed by atoms with Crippen LogP contribution in [0.2, 0.25) is 0 Å². The van der Waals surface area contributed by atoms with E-state index >= 15 is 0 Å². The first-order valence-corrected chi connectivity index (χ1v) is 18.9. The van der Waals surface area contributed by atoms with Gasteiger partial charge in [-0.1, -0.05) is 41.7 Å². The van der Waals surface area contributed by atoms with Gasteiger partial charge in [0, 0.05) is 69.1 Å². The molecule has 4 aromatic rings. The van der Waals surface area contributed by atoms with Gasteiger partial charge in [-0.2, -0.15) is 0 Å². The Hall–Kier alpha value is -4.29. The number of likely N-dealkylation sites (N-methyl/N-ethyl adjacent to an activating group) is 1. The van der Waals surface area contributed by atoms with Gasteiger partial charge in [0.15, 0.2) is 0 Å². The van der Waals surface area contributed by atoms with E-state index in [0.29, 0.717) is 43.1 Å². The van der Waals surface area contributed by atoms with Gasteiger partial charge in [0.25, 0.3) is 0 Å². The summed E-state index contributed by atoms with van der Waals surface area (Å²) in [5.41, 5.74) is 3.37. The van der Waals surface area contributed by atoms with Gasteiger partial charge in [0.1, 0.15) is 5.75 Å². The van der Waals surface area contributed by atoms with Crippen molar-refractivity contribution >= 4 is 35.7 Å². The van der Waals surface area contributed by atoms with Gasteiger partial charge >= 0.3 is 12.2 Å². The second-order valence-electron chi connectivity index (χ2n) is 12.9. The van der Waals surface area contributed by atoms with Crippen LogP contribution in [-0.4, -0.2) is 135 Å². The van der Waals surface area contributed by atoms with E-state index < -0.39 is 6.09 Å². The Morgan fingerprint density at radius 2 is 1.63 bits per heavy atom. The summed E-state index contributed by atoms with van der Waals surface area (Å²) >= 11 is 3.31. The number of hydrogen-bond acceptors (Lipinski definition) is 13. The largest absolute Gasteiger partial charge is 0.465 e. The summed E-state index contributed by atoms with van der Waals surface area (Å²) < 4.78 is 9.08. The first kappa shape index (κ1) is 38.0. The van der Waals surface area contributed by atoms with Gasteiger partial charge < -0.3 is 24.5 Å². The molecule has 0 saturated carbocycles. The van der Waals surface area contributed by atoms with Gasteiger partial charge in [-0.25, -0.2) is 19.0 Å². The maximum atomic E-state index is 12.5. The van der Waals surface area contributed by atoms with E-state index in [4.69, 9.17) is 9.84 Å². The predicted octanol–water partition coefficient (Wildman–Crippen LogP) is 3.98. The highest BCUT2D eigenvalue weighted by Gasteiger charge is 2.26. The smallest absolute Gasteiger partial charge is 0.415 e. The summed E-state index contributed by atoms with van der Waals surface area (Å²) in [6.07, 6.45) is 5.06. The zero-order valence-corrected chi connectivity index (χ0v) is 31.2. The van der Waals surface area contributed by atoms with E-state index in [-0.39, 0.29) is 6.09 Å². The minimum Gasteiger partial charge on any atom is -0.465 e. The lowest BCUT2D eigenvalue weighted by molar-refractivity contribution is 0.133. The van der Waals surface area contributed by atoms with Crippen LogP contribution < -0.4 is 4.74 Å². The summed E-state index contributed by atoms with van der Waals surface area (Å²) in [6.45, 7) is 6.30. The summed E-state index contributed by atoms with van der Waals surface area (Å²) in [6, 6.07) is 11.7. The highest BCUT2D eigenvalue weighted by molar-refractivity contribution is 7.99. The molecular formula is C33H46N12O4S2. The van der Waals surface area contributed by atoms with E-state index in [1.165, 1.54) is 10.5 Å². The Balaban J connectivity index is 0.000000218. The number of aromatic nitrogens is 9. The molecule has 0 radical (unpaired) electrons. The number of carbonyl (C=O) groups excluding carboxylic acids is 1. The number of ether oxygens (including phenoxy) is 1. The van der Waals surface area contributed by atoms with Crippen LogP contribution in [0.1, 0.15) is 42.5 Å². The Morgan fingerprint density at radius 3 is 2.27 bits per heavy atom. The van der Waals surface area contributed by atoms with Crippen LogP contribution in [0.4, 0.5) is 9.59 Å². The van der Waals surface area contributed by atoms with E-state index in [0.717, 1.165) is 72.5 Å². The highest BCUT2D eigenvalue weighted by atomic mass is 32.2. The van der Waals surface area contributed by atoms with Crippen LogP contribution in [0.5, 0.6) is 5.75 Å². The third-order valence-electron chi connectivity index (χ3n) is 8.76. The van der Waals surface area contributed by atoms with Gasteiger partial charge in [-0.15, -0.1) is 10.2 Å². The monoisotopic (exact) mass is 738 g/mol. The zero-order valence-electron chi connectivity index (χ0n) is 29.5. The third kappa shape index (κ3) is 11.6. The molecule has 2 aliphatic rings. The average molecular weight is 739 g/mol. The van der Waals surface area contributed by atoms with Crippen LogP contribution in [0.3, 0.4) is 0 Å². The summed E-state index contributed by atoms with van der Waals surface area (Å²) in [7, 11) is 5.87. The van der Waals surface area contributed by atoms with Crippen LogP contribution in [-0.2, 0) is 20.0 Å². The quantitative estimate of drug-likeness (QED) is 0.219. The minimum absolute atomic E-state index is 0.281. The normalized spacial score (nSPS) is 15.5. The van der Waals surface area contributed by atoms with E-state index in [2.05, 4.69) is 53.9 Å². The fourth-order valence-electron chi connectivity index (χ4n) is 5.59. The molecule has 2 amide bonds. The van der Waals surface area contributed by atoms with Crippen molar-refractivity contribution in [2.45, 2.75) is 61.1 Å². The van der Waals surface area contributed by atoms with Crippen LogP contribution in [0.25, 0.3) is 0 Å². The summed E-state index contributed by atoms with van der Waals surface area (Å²) in [4.78, 5) is 33.2. The Morgan fingerprint density at radius 1 is 0.941 bits per heavy atom. The third-order valence-corrected chi connectivity index (χ3v) is 11.3. The number of thioether (sulfide) groups is 2. The van der Waals surface area contributed by atoms with Gasteiger partial charge in [0.05, 0.1) is 6.54 Å². The number of aryl methyl sites for hydroxylation is 2. The number of tetrazole rings is 2. The molecule has 18 heteroatoms. The lowest BCUT2D eigenvalue weighted by Crippen LogP contribution is -2.40. The molecule has 1 aromatic carbocycles. The molecule has 0 unspecified atom stereocenters. The fraction of sp³-hybridized carbons (Fsp3) is 0.545. The van der Waals surface area contributed by atoms with E-state index in [1.807, 2.05) is 62.4 Å². The van der Waals surface area contributed by atoms with Gasteiger partial charge in [-0.05, 0) is 103 Å². The van der Waals surface area contributed by atoms with E-state index in [9.17, 15) is 9.59 Å². The number of likely N-dealkylation sites (tertiary alicyclic amines) is 2. The first-order valence-electron chi connectivity index (χ1n) is 17.0. The Bertz CT molecular complexity index is 1690.